The fourth-order valence-electron chi connectivity index (χ4n) is 4.18. The molecule has 1 aliphatic heterocycles. The lowest BCUT2D eigenvalue weighted by Crippen LogP contribution is -2.53. The Morgan fingerprint density at radius 3 is 2.12 bits per heavy atom. The van der Waals surface area contributed by atoms with Crippen LogP contribution >= 0.6 is 0 Å². The minimum absolute atomic E-state index is 0.345. The van der Waals surface area contributed by atoms with Gasteiger partial charge in [-0.25, -0.2) is 9.59 Å². The summed E-state index contributed by atoms with van der Waals surface area (Å²) in [6, 6.07) is 0. The van der Waals surface area contributed by atoms with Gasteiger partial charge in [-0.1, -0.05) is 50.1 Å². The van der Waals surface area contributed by atoms with Gasteiger partial charge in [-0.2, -0.15) is 0 Å². The highest BCUT2D eigenvalue weighted by atomic mass is 16.6. The molecule has 1 saturated heterocycles. The van der Waals surface area contributed by atoms with E-state index in [0.717, 1.165) is 12.8 Å². The van der Waals surface area contributed by atoms with Crippen molar-refractivity contribution in [1.29, 1.82) is 0 Å². The molecule has 0 saturated carbocycles. The van der Waals surface area contributed by atoms with E-state index in [1.54, 1.807) is 6.08 Å². The Balaban J connectivity index is 2.86. The number of ether oxygens (including phenoxy) is 2. The zero-order valence-electron chi connectivity index (χ0n) is 22.8. The number of carboxylic acids is 4. The van der Waals surface area contributed by atoms with Crippen LogP contribution in [-0.2, 0) is 38.2 Å². The Morgan fingerprint density at radius 2 is 1.56 bits per heavy atom. The van der Waals surface area contributed by atoms with Gasteiger partial charge in [0.05, 0.1) is 12.8 Å². The Kier molecular flexibility index (Phi) is 15.1. The maximum Gasteiger partial charge on any atom is 0.345 e. The summed E-state index contributed by atoms with van der Waals surface area (Å²) in [7, 11) is 0. The molecule has 1 heterocycles. The van der Waals surface area contributed by atoms with Crippen molar-refractivity contribution in [1.82, 2.24) is 0 Å². The highest BCUT2D eigenvalue weighted by Gasteiger charge is 2.56. The molecule has 5 N–H and O–H groups in total. The Bertz CT molecular complexity index is 1030. The van der Waals surface area contributed by atoms with Crippen LogP contribution < -0.4 is 0 Å². The molecule has 0 aliphatic carbocycles. The van der Waals surface area contributed by atoms with Gasteiger partial charge in [-0.05, 0) is 38.2 Å². The summed E-state index contributed by atoms with van der Waals surface area (Å²) in [4.78, 5) is 70.8. The summed E-state index contributed by atoms with van der Waals surface area (Å²) in [5.41, 5.74) is -3.11. The summed E-state index contributed by atoms with van der Waals surface area (Å²) in [6.07, 6.45) is 11.7. The van der Waals surface area contributed by atoms with Crippen molar-refractivity contribution >= 4 is 35.8 Å². The van der Waals surface area contributed by atoms with Crippen LogP contribution in [0.3, 0.4) is 0 Å². The van der Waals surface area contributed by atoms with Crippen molar-refractivity contribution in [3.63, 3.8) is 0 Å². The number of carbonyl (C=O) groups is 6. The van der Waals surface area contributed by atoms with Crippen molar-refractivity contribution < 1.29 is 63.8 Å². The minimum atomic E-state index is -3.11. The summed E-state index contributed by atoms with van der Waals surface area (Å²) >= 11 is 0. The Morgan fingerprint density at radius 1 is 0.927 bits per heavy atom. The molecule has 0 aromatic rings. The smallest absolute Gasteiger partial charge is 0.345 e. The number of carbonyl (C=O) groups excluding carboxylic acids is 2. The predicted octanol–water partition coefficient (Wildman–Crippen LogP) is 2.71. The van der Waals surface area contributed by atoms with Gasteiger partial charge in [0, 0.05) is 6.42 Å². The number of allylic oxidation sites excluding steroid dienone is 5. The second-order valence-corrected chi connectivity index (χ2v) is 9.64. The summed E-state index contributed by atoms with van der Waals surface area (Å²) in [5.74, 6) is -14.5. The van der Waals surface area contributed by atoms with E-state index in [1.165, 1.54) is 25.3 Å². The van der Waals surface area contributed by atoms with Gasteiger partial charge in [0.15, 0.2) is 5.60 Å². The molecule has 0 unspecified atom stereocenters. The topological polar surface area (TPSA) is 222 Å². The van der Waals surface area contributed by atoms with Crippen LogP contribution in [0.25, 0.3) is 0 Å². The number of cyclic esters (lactones) is 1. The van der Waals surface area contributed by atoms with E-state index in [2.05, 4.69) is 23.8 Å². The van der Waals surface area contributed by atoms with Gasteiger partial charge >= 0.3 is 35.8 Å². The van der Waals surface area contributed by atoms with Crippen molar-refractivity contribution in [3.05, 3.63) is 36.5 Å². The molecule has 13 nitrogen and oxygen atoms in total. The van der Waals surface area contributed by atoms with E-state index in [1.807, 2.05) is 12.2 Å². The van der Waals surface area contributed by atoms with Crippen LogP contribution in [0, 0.1) is 11.8 Å². The number of aliphatic carboxylic acids is 4. The second-order valence-electron chi connectivity index (χ2n) is 9.64. The quantitative estimate of drug-likeness (QED) is 0.0792. The maximum atomic E-state index is 12.9. The Hall–Kier alpha value is -4.00. The van der Waals surface area contributed by atoms with Crippen molar-refractivity contribution in [2.24, 2.45) is 11.8 Å². The number of carboxylic acid groups (broad SMARTS) is 4. The average molecular weight is 583 g/mol. The molecule has 1 rings (SSSR count). The van der Waals surface area contributed by atoms with Gasteiger partial charge < -0.3 is 35.0 Å². The van der Waals surface area contributed by atoms with E-state index in [4.69, 9.17) is 9.84 Å². The first-order valence-electron chi connectivity index (χ1n) is 13.3. The molecule has 1 aliphatic rings. The van der Waals surface area contributed by atoms with E-state index >= 15 is 0 Å². The van der Waals surface area contributed by atoms with Crippen molar-refractivity contribution in [3.8, 4) is 0 Å². The second kappa shape index (κ2) is 17.6. The number of hydrogen-bond donors (Lipinski definition) is 5. The van der Waals surface area contributed by atoms with Crippen molar-refractivity contribution in [2.45, 2.75) is 88.9 Å². The molecule has 1 fully saturated rings. The molecule has 0 spiro atoms. The first kappa shape index (κ1) is 35.0. The van der Waals surface area contributed by atoms with Gasteiger partial charge in [0.25, 0.3) is 0 Å². The van der Waals surface area contributed by atoms with Gasteiger partial charge in [0.2, 0.25) is 6.10 Å². The number of hydrogen-bond acceptors (Lipinski definition) is 9. The number of unbranched alkanes of at least 4 members (excludes halogenated alkanes) is 4. The third-order valence-corrected chi connectivity index (χ3v) is 6.36. The summed E-state index contributed by atoms with van der Waals surface area (Å²) < 4.78 is 9.78. The molecule has 0 bridgehead atoms. The lowest BCUT2D eigenvalue weighted by molar-refractivity contribution is -0.194. The van der Waals surface area contributed by atoms with E-state index < -0.39 is 78.3 Å². The largest absolute Gasteiger partial charge is 0.481 e. The molecular formula is C28H38O13. The van der Waals surface area contributed by atoms with Gasteiger partial charge in [-0.3, -0.25) is 19.2 Å². The lowest BCUT2D eigenvalue weighted by Gasteiger charge is -2.30. The van der Waals surface area contributed by atoms with Gasteiger partial charge in [-0.15, -0.1) is 0 Å². The van der Waals surface area contributed by atoms with Gasteiger partial charge in [0.1, 0.15) is 17.9 Å². The van der Waals surface area contributed by atoms with Crippen LogP contribution in [-0.4, -0.2) is 79.2 Å². The number of rotatable bonds is 20. The molecule has 228 valence electrons. The standard InChI is InChI=1S/C28H38O13/c1-2-3-4-5-6-7-8-9-10-11-12-13-14-18-15-20(26(37)40-18)28(39,17-22(31)32)27(38)41-23(25(35)36)19(24(33)34)16-21(29)30/h6-7,9-10,13-14,18-20,23,39H,2-5,8,11-12,15-17H2,1H3,(H,29,30)(H,31,32)(H,33,34)(H,35,36)/b7-6-,10-9-,14-13+/t18-,19-,20+,23-,28+/m1/s1. The van der Waals surface area contributed by atoms with E-state index in [0.29, 0.717) is 12.8 Å². The normalized spacial score (nSPS) is 20.1. The fraction of sp³-hybridized carbons (Fsp3) is 0.571. The molecule has 0 aromatic heterocycles. The van der Waals surface area contributed by atoms with Crippen LogP contribution in [0.1, 0.15) is 71.1 Å². The zero-order valence-corrected chi connectivity index (χ0v) is 22.8. The van der Waals surface area contributed by atoms with E-state index in [-0.39, 0.29) is 6.42 Å². The SMILES string of the molecule is CCCCC/C=C\C/C=C\CC/C=C/[C@@H]1C[C@H]([C@@](O)(CC(=O)O)C(=O)O[C@@H](C(=O)O)[C@@H](CC(=O)O)C(=O)O)C(=O)O1. The highest BCUT2D eigenvalue weighted by Crippen LogP contribution is 2.36. The number of esters is 2. The molecule has 0 radical (unpaired) electrons. The van der Waals surface area contributed by atoms with Crippen LogP contribution in [0.4, 0.5) is 0 Å². The zero-order chi connectivity index (χ0) is 31.0. The molecular weight excluding hydrogens is 544 g/mol. The van der Waals surface area contributed by atoms with Crippen LogP contribution in [0.2, 0.25) is 0 Å². The monoisotopic (exact) mass is 582 g/mol. The predicted molar refractivity (Wildman–Crippen MR) is 141 cm³/mol. The summed E-state index contributed by atoms with van der Waals surface area (Å²) in [5, 5.41) is 47.8. The third-order valence-electron chi connectivity index (χ3n) is 6.36. The molecule has 0 amide bonds. The average Bonchev–Trinajstić information content (AvgIpc) is 3.26. The fourth-order valence-corrected chi connectivity index (χ4v) is 4.18. The summed E-state index contributed by atoms with van der Waals surface area (Å²) in [6.45, 7) is 2.15. The van der Waals surface area contributed by atoms with Crippen LogP contribution in [0.15, 0.2) is 36.5 Å². The maximum absolute atomic E-state index is 12.9. The highest BCUT2D eigenvalue weighted by molar-refractivity contribution is 5.94. The Labute approximate surface area is 237 Å². The third kappa shape index (κ3) is 12.0. The van der Waals surface area contributed by atoms with Crippen molar-refractivity contribution in [2.75, 3.05) is 0 Å². The van der Waals surface area contributed by atoms with Crippen LogP contribution in [0.5, 0.6) is 0 Å². The molecule has 13 heteroatoms. The lowest BCUT2D eigenvalue weighted by atomic mass is 9.82. The molecule has 0 aromatic carbocycles. The number of aliphatic hydroxyl groups is 1. The molecule has 41 heavy (non-hydrogen) atoms. The van der Waals surface area contributed by atoms with E-state index in [9.17, 15) is 49.2 Å². The first-order valence-corrected chi connectivity index (χ1v) is 13.3. The minimum Gasteiger partial charge on any atom is -0.481 e. The first-order chi connectivity index (χ1) is 19.3. The molecule has 5 atom stereocenters.